The van der Waals surface area contributed by atoms with Crippen LogP contribution in [-0.2, 0) is 44.3 Å². The number of hydrogen-bond donors (Lipinski definition) is 1. The van der Waals surface area contributed by atoms with Crippen LogP contribution in [0.5, 0.6) is 0 Å². The molecule has 1 unspecified atom stereocenters. The molecule has 0 saturated heterocycles. The van der Waals surface area contributed by atoms with Crippen LogP contribution in [0.1, 0.15) is 82.6 Å². The molecule has 0 aromatic heterocycles. The summed E-state index contributed by atoms with van der Waals surface area (Å²) in [7, 11) is 11.2. The zero-order chi connectivity index (χ0) is 59.3. The van der Waals surface area contributed by atoms with E-state index in [1.54, 1.807) is 58.3 Å². The van der Waals surface area contributed by atoms with Gasteiger partial charge in [0.05, 0.1) is 52.1 Å². The maximum atomic E-state index is 10.1. The van der Waals surface area contributed by atoms with Crippen LogP contribution in [0.2, 0.25) is 0 Å². The van der Waals surface area contributed by atoms with Crippen molar-refractivity contribution in [2.45, 2.75) is 82.6 Å². The second-order valence-corrected chi connectivity index (χ2v) is 14.6. The highest BCUT2D eigenvalue weighted by Crippen LogP contribution is 1.89. The van der Waals surface area contributed by atoms with Crippen LogP contribution in [-0.4, -0.2) is 123 Å². The number of rotatable bonds is 2. The summed E-state index contributed by atoms with van der Waals surface area (Å²) in [6, 6.07) is 7.76. The first kappa shape index (κ1) is 102. The third-order valence-corrected chi connectivity index (χ3v) is 5.11. The molecule has 0 aromatic rings. The van der Waals surface area contributed by atoms with Gasteiger partial charge in [-0.1, -0.05) is 109 Å². The summed E-state index contributed by atoms with van der Waals surface area (Å²) in [5.74, 6) is 24.1. The summed E-state index contributed by atoms with van der Waals surface area (Å²) >= 11 is 4.42. The second-order valence-electron chi connectivity index (χ2n) is 9.36. The summed E-state index contributed by atoms with van der Waals surface area (Å²) in [5.41, 5.74) is 0. The van der Waals surface area contributed by atoms with E-state index in [1.165, 1.54) is 65.1 Å². The Morgan fingerprint density at radius 1 is 0.620 bits per heavy atom. The van der Waals surface area contributed by atoms with Gasteiger partial charge in [-0.3, -0.25) is 0 Å². The van der Waals surface area contributed by atoms with Crippen LogP contribution in [0.25, 0.3) is 0 Å². The van der Waals surface area contributed by atoms with E-state index in [0.29, 0.717) is 6.61 Å². The highest BCUT2D eigenvalue weighted by Gasteiger charge is 1.87. The number of hydrogen-bond acceptors (Lipinski definition) is 14. The van der Waals surface area contributed by atoms with Crippen LogP contribution in [0.3, 0.4) is 0 Å². The monoisotopic (exact) mass is 1080 g/mol. The maximum absolute atomic E-state index is 10.1. The van der Waals surface area contributed by atoms with Gasteiger partial charge in [-0.25, -0.2) is 12.6 Å². The lowest BCUT2D eigenvalue weighted by atomic mass is 10.5. The predicted molar refractivity (Wildman–Crippen MR) is 321 cm³/mol. The summed E-state index contributed by atoms with van der Waals surface area (Å²) < 4.78 is 51.5. The molecule has 0 saturated carbocycles. The van der Waals surface area contributed by atoms with Crippen molar-refractivity contribution >= 4 is 55.9 Å². The Hall–Kier alpha value is -6.61. The first-order valence-corrected chi connectivity index (χ1v) is 26.5. The van der Waals surface area contributed by atoms with Gasteiger partial charge >= 0.3 is 0 Å². The van der Waals surface area contributed by atoms with Gasteiger partial charge in [0.2, 0.25) is 9.84 Å². The average molecular weight is 1080 g/mol. The van der Waals surface area contributed by atoms with Crippen LogP contribution < -0.4 is 5.32 Å². The number of methoxy groups -OCH3 is 4. The van der Waals surface area contributed by atoms with Gasteiger partial charge in [0.25, 0.3) is 0 Å². The highest BCUT2D eigenvalue weighted by molar-refractivity contribution is 8.04. The Bertz CT molecular complexity index is 1840. The first-order valence-electron chi connectivity index (χ1n) is 19.6. The van der Waals surface area contributed by atoms with Crippen molar-refractivity contribution in [1.82, 2.24) is 15.1 Å². The standard InChI is InChI=1S/C5H9N.C5H8O.2C4H7N.C4H6O2S.3C4H6O.2C4H6S.C4H6.C3H4OS.C3H4O.C3H4S/c1-4-5-6(2)3;1-3-5-6-4-2;1-4-5(2)3;1-3-4-5-2;1-3-4-7(2,5)6;4*1-3-4-5-2;1-3-5-4-2;1-3-4-2;1-3-5(2)4;2*1-3-4-2/h1-3H3;4H2,1-2H3;1H,2-3H3;5H,1-2H3;1-2H3;4*1-2H3;1H,4H2,2H3;1H,4H2,2H3;1H,2H3;2*1H,2H3. The predicted octanol–water partition coefficient (Wildman–Crippen LogP) is 8.52. The Labute approximate surface area is 455 Å². The highest BCUT2D eigenvalue weighted by atomic mass is 32.2. The van der Waals surface area contributed by atoms with Crippen LogP contribution in [0.4, 0.5) is 0 Å². The molecule has 11 nitrogen and oxygen atoms in total. The fraction of sp³-hybridized carbons (Fsp3) is 0.491. The van der Waals surface area contributed by atoms with Crippen LogP contribution in [0, 0.1) is 167 Å². The molecule has 0 bridgehead atoms. The minimum Gasteiger partial charge on any atom is -0.450 e. The fourth-order valence-corrected chi connectivity index (χ4v) is 1.91. The molecule has 398 valence electrons. The van der Waals surface area contributed by atoms with E-state index >= 15 is 0 Å². The first-order chi connectivity index (χ1) is 33.5. The van der Waals surface area contributed by atoms with Gasteiger partial charge in [0.1, 0.15) is 30.5 Å². The van der Waals surface area contributed by atoms with Gasteiger partial charge in [-0.15, -0.1) is 31.6 Å². The Balaban J connectivity index is -0.0000000412. The van der Waals surface area contributed by atoms with E-state index in [4.69, 9.17) is 25.7 Å². The van der Waals surface area contributed by atoms with Crippen molar-refractivity contribution in [2.75, 3.05) is 101 Å². The fourth-order valence-electron chi connectivity index (χ4n) is 1.17. The summed E-state index contributed by atoms with van der Waals surface area (Å²) in [6.45, 7) is 20.4. The molecule has 0 heterocycles. The van der Waals surface area contributed by atoms with Crippen molar-refractivity contribution in [1.29, 1.82) is 0 Å². The number of thioether (sulfide) groups is 3. The summed E-state index contributed by atoms with van der Waals surface area (Å²) in [4.78, 5) is 3.47. The topological polar surface area (TPSA) is 116 Å². The largest absolute Gasteiger partial charge is 0.450 e. The van der Waals surface area contributed by atoms with E-state index in [1.807, 2.05) is 96.8 Å². The van der Waals surface area contributed by atoms with Crippen molar-refractivity contribution in [2.24, 2.45) is 0 Å². The molecule has 0 aliphatic carbocycles. The molecule has 0 fully saturated rings. The molecule has 0 radical (unpaired) electrons. The summed E-state index contributed by atoms with van der Waals surface area (Å²) in [6.07, 6.45) is 47.1. The molecule has 16 heteroatoms. The van der Waals surface area contributed by atoms with Gasteiger partial charge < -0.3 is 38.8 Å². The molecule has 0 amide bonds. The molecule has 0 rings (SSSR count). The van der Waals surface area contributed by atoms with E-state index in [2.05, 4.69) is 153 Å². The normalized spacial score (nSPS) is 6.06. The molecule has 0 spiro atoms. The van der Waals surface area contributed by atoms with Crippen LogP contribution in [0.15, 0.2) is 0 Å². The maximum Gasteiger partial charge on any atom is 0.213 e. The Kier molecular flexibility index (Phi) is 197. The molecule has 1 atom stereocenters. The minimum atomic E-state index is -3.04. The van der Waals surface area contributed by atoms with Crippen molar-refractivity contribution in [3.05, 3.63) is 0 Å². The van der Waals surface area contributed by atoms with Gasteiger partial charge in [0, 0.05) is 105 Å². The molecule has 0 aliphatic heterocycles. The quantitative estimate of drug-likeness (QED) is 0.162. The van der Waals surface area contributed by atoms with E-state index in [9.17, 15) is 12.6 Å². The lowest BCUT2D eigenvalue weighted by Crippen LogP contribution is -2.00. The number of ether oxygens (including phenoxy) is 5. The number of sulfone groups is 1. The molecule has 0 aromatic carbocycles. The van der Waals surface area contributed by atoms with Crippen LogP contribution >= 0.6 is 35.3 Å². The lowest BCUT2D eigenvalue weighted by Gasteiger charge is -1.94. The molecular weight excluding hydrogens is 991 g/mol. The summed E-state index contributed by atoms with van der Waals surface area (Å²) in [5, 5.41) is 14.2. The zero-order valence-corrected chi connectivity index (χ0v) is 51.4. The molecule has 1 N–H and O–H groups in total. The SMILES string of the molecule is C#CCC.C#CN(C)C.C#COC.C#CS(C)=O.C#CSC.C#CSCC.CC#CN(C)C.CC#CNC.CC#COC.CC#COC.CC#COC.CC#COCC.CC#CS(C)(=O)=O.CC#CSC. The van der Waals surface area contributed by atoms with Gasteiger partial charge in [-0.2, -0.15) is 0 Å². The Morgan fingerprint density at radius 2 is 0.986 bits per heavy atom. The van der Waals surface area contributed by atoms with E-state index in [-0.39, 0.29) is 0 Å². The molecule has 0 aliphatic rings. The van der Waals surface area contributed by atoms with E-state index in [0.717, 1.165) is 18.4 Å². The van der Waals surface area contributed by atoms with E-state index < -0.39 is 20.6 Å². The third kappa shape index (κ3) is 477. The number of nitrogens with one attached hydrogen (secondary N) is 1. The average Bonchev–Trinajstić information content (AvgIpc) is 3.34. The smallest absolute Gasteiger partial charge is 0.213 e. The third-order valence-electron chi connectivity index (χ3n) is 3.10. The van der Waals surface area contributed by atoms with Crippen molar-refractivity contribution in [3.63, 3.8) is 0 Å². The molecule has 71 heavy (non-hydrogen) atoms. The number of nitrogens with zero attached hydrogens (tertiary/aromatic N) is 2. The van der Waals surface area contributed by atoms with Crippen molar-refractivity contribution in [3.8, 4) is 167 Å². The zero-order valence-electron chi connectivity index (χ0n) is 47.3. The molecular formula is C55H85N3O8S5. The van der Waals surface area contributed by atoms with Gasteiger partial charge in [0.15, 0.2) is 0 Å². The van der Waals surface area contributed by atoms with Crippen molar-refractivity contribution < 1.29 is 36.3 Å². The van der Waals surface area contributed by atoms with Gasteiger partial charge in [-0.05, 0) is 68.1 Å². The second kappa shape index (κ2) is 137. The lowest BCUT2D eigenvalue weighted by molar-refractivity contribution is 0.299. The number of terminal acetylenes is 6. The minimum absolute atomic E-state index is 0.681. The Morgan fingerprint density at radius 3 is 1.00 bits per heavy atom.